The molecule has 1 unspecified atom stereocenters. The maximum absolute atomic E-state index is 12.3. The molecule has 0 radical (unpaired) electrons. The van der Waals surface area contributed by atoms with Crippen molar-refractivity contribution in [1.82, 2.24) is 10.6 Å². The summed E-state index contributed by atoms with van der Waals surface area (Å²) in [7, 11) is 0. The van der Waals surface area contributed by atoms with E-state index < -0.39 is 0 Å². The first-order valence-corrected chi connectivity index (χ1v) is 9.17. The van der Waals surface area contributed by atoms with E-state index in [1.54, 1.807) is 24.3 Å². The van der Waals surface area contributed by atoms with Crippen LogP contribution in [0.25, 0.3) is 0 Å². The monoisotopic (exact) mass is 365 g/mol. The van der Waals surface area contributed by atoms with E-state index in [0.29, 0.717) is 11.6 Å². The number of carbonyl (C=O) groups excluding carboxylic acids is 2. The Labute approximate surface area is 155 Å². The number of carbonyl (C=O) groups is 2. The lowest BCUT2D eigenvalue weighted by molar-refractivity contribution is -0.118. The molecule has 1 saturated heterocycles. The maximum Gasteiger partial charge on any atom is 0.251 e. The number of halogens is 1. The molecule has 2 fully saturated rings. The van der Waals surface area contributed by atoms with Crippen LogP contribution in [0, 0.1) is 0 Å². The molecule has 0 spiro atoms. The van der Waals surface area contributed by atoms with Crippen LogP contribution in [0.1, 0.15) is 61.7 Å². The van der Waals surface area contributed by atoms with Gasteiger partial charge in [-0.3, -0.25) is 9.59 Å². The Bertz CT molecular complexity index is 565. The second-order valence-corrected chi connectivity index (χ2v) is 6.88. The summed E-state index contributed by atoms with van der Waals surface area (Å²) in [6.45, 7) is 0.901. The van der Waals surface area contributed by atoms with Gasteiger partial charge >= 0.3 is 0 Å². The molecule has 2 amide bonds. The smallest absolute Gasteiger partial charge is 0.251 e. The Balaban J connectivity index is 0.00000225. The molecule has 3 rings (SSSR count). The molecule has 1 aromatic rings. The third-order valence-electron chi connectivity index (χ3n) is 4.98. The molecule has 1 aliphatic carbocycles. The minimum Gasteiger partial charge on any atom is -0.349 e. The Hall–Kier alpha value is -1.59. The number of nitrogens with one attached hydrogen (secondary N) is 3. The van der Waals surface area contributed by atoms with E-state index in [9.17, 15) is 9.59 Å². The number of benzene rings is 1. The molecule has 0 aromatic heterocycles. The fraction of sp³-hybridized carbons (Fsp3) is 0.579. The number of rotatable bonds is 4. The lowest BCUT2D eigenvalue weighted by atomic mass is 9.95. The molecule has 1 atom stereocenters. The van der Waals surface area contributed by atoms with Crippen LogP contribution in [-0.2, 0) is 4.79 Å². The van der Waals surface area contributed by atoms with E-state index in [1.165, 1.54) is 19.3 Å². The zero-order valence-corrected chi connectivity index (χ0v) is 15.4. The molecule has 138 valence electrons. The van der Waals surface area contributed by atoms with Gasteiger partial charge in [0.05, 0.1) is 6.04 Å². The van der Waals surface area contributed by atoms with Gasteiger partial charge in [0.2, 0.25) is 5.91 Å². The quantitative estimate of drug-likeness (QED) is 0.767. The topological polar surface area (TPSA) is 70.2 Å². The molecule has 1 heterocycles. The molecule has 5 nitrogen and oxygen atoms in total. The first-order valence-electron chi connectivity index (χ1n) is 9.17. The van der Waals surface area contributed by atoms with Gasteiger partial charge in [-0.15, -0.1) is 12.4 Å². The third kappa shape index (κ3) is 5.72. The lowest BCUT2D eigenvalue weighted by Gasteiger charge is -2.23. The SMILES string of the molecule is Cl.O=C(NC1CCCCC1)c1ccc(NC(=O)C2CCCCN2)cc1. The molecule has 6 heteroatoms. The van der Waals surface area contributed by atoms with E-state index in [1.807, 2.05) is 0 Å². The normalized spacial score (nSPS) is 21.0. The summed E-state index contributed by atoms with van der Waals surface area (Å²) in [6, 6.07) is 7.37. The zero-order valence-electron chi connectivity index (χ0n) is 14.6. The first kappa shape index (κ1) is 19.7. The molecule has 3 N–H and O–H groups in total. The average molecular weight is 366 g/mol. The van der Waals surface area contributed by atoms with Crippen LogP contribution < -0.4 is 16.0 Å². The van der Waals surface area contributed by atoms with E-state index in [-0.39, 0.29) is 30.3 Å². The molecule has 1 aromatic carbocycles. The molecule has 1 saturated carbocycles. The van der Waals surface area contributed by atoms with E-state index in [2.05, 4.69) is 16.0 Å². The fourth-order valence-corrected chi connectivity index (χ4v) is 3.53. The van der Waals surface area contributed by atoms with Gasteiger partial charge in [-0.25, -0.2) is 0 Å². The Kier molecular flexibility index (Phi) is 7.72. The van der Waals surface area contributed by atoms with Gasteiger partial charge in [0, 0.05) is 17.3 Å². The van der Waals surface area contributed by atoms with Gasteiger partial charge in [-0.1, -0.05) is 25.7 Å². The highest BCUT2D eigenvalue weighted by Gasteiger charge is 2.20. The summed E-state index contributed by atoms with van der Waals surface area (Å²) < 4.78 is 0. The standard InChI is InChI=1S/C19H27N3O2.ClH/c23-18(21-15-6-2-1-3-7-15)14-9-11-16(12-10-14)22-19(24)17-8-4-5-13-20-17;/h9-12,15,17,20H,1-8,13H2,(H,21,23)(H,22,24);1H. The molecule has 25 heavy (non-hydrogen) atoms. The number of piperidine rings is 1. The van der Waals surface area contributed by atoms with Crippen molar-refractivity contribution < 1.29 is 9.59 Å². The Morgan fingerprint density at radius 1 is 0.920 bits per heavy atom. The summed E-state index contributed by atoms with van der Waals surface area (Å²) >= 11 is 0. The predicted molar refractivity (Wildman–Crippen MR) is 102 cm³/mol. The second kappa shape index (κ2) is 9.78. The van der Waals surface area contributed by atoms with Gasteiger partial charge < -0.3 is 16.0 Å². The van der Waals surface area contributed by atoms with Gasteiger partial charge in [-0.05, 0) is 56.5 Å². The lowest BCUT2D eigenvalue weighted by Crippen LogP contribution is -2.43. The number of amides is 2. The van der Waals surface area contributed by atoms with Crippen molar-refractivity contribution in [3.63, 3.8) is 0 Å². The zero-order chi connectivity index (χ0) is 16.8. The molecule has 2 aliphatic rings. The number of anilines is 1. The second-order valence-electron chi connectivity index (χ2n) is 6.88. The Morgan fingerprint density at radius 3 is 2.24 bits per heavy atom. The van der Waals surface area contributed by atoms with Gasteiger partial charge in [-0.2, -0.15) is 0 Å². The maximum atomic E-state index is 12.3. The number of hydrogen-bond acceptors (Lipinski definition) is 3. The van der Waals surface area contributed by atoms with Crippen molar-refractivity contribution in [2.45, 2.75) is 63.5 Å². The van der Waals surface area contributed by atoms with Crippen molar-refractivity contribution in [2.75, 3.05) is 11.9 Å². The third-order valence-corrected chi connectivity index (χ3v) is 4.98. The van der Waals surface area contributed by atoms with E-state index in [4.69, 9.17) is 0 Å². The highest BCUT2D eigenvalue weighted by molar-refractivity contribution is 5.97. The summed E-state index contributed by atoms with van der Waals surface area (Å²) in [4.78, 5) is 24.5. The van der Waals surface area contributed by atoms with Crippen molar-refractivity contribution in [3.05, 3.63) is 29.8 Å². The summed E-state index contributed by atoms with van der Waals surface area (Å²) in [5, 5.41) is 9.27. The first-order chi connectivity index (χ1) is 11.7. The van der Waals surface area contributed by atoms with E-state index >= 15 is 0 Å². The van der Waals surface area contributed by atoms with Crippen LogP contribution in [0.3, 0.4) is 0 Å². The fourth-order valence-electron chi connectivity index (χ4n) is 3.53. The summed E-state index contributed by atoms with van der Waals surface area (Å²) in [5.41, 5.74) is 1.39. The van der Waals surface area contributed by atoms with Crippen LogP contribution in [0.2, 0.25) is 0 Å². The summed E-state index contributed by atoms with van der Waals surface area (Å²) in [6.07, 6.45) is 8.93. The van der Waals surface area contributed by atoms with Crippen LogP contribution >= 0.6 is 12.4 Å². The highest BCUT2D eigenvalue weighted by atomic mass is 35.5. The van der Waals surface area contributed by atoms with Crippen LogP contribution in [-0.4, -0.2) is 30.4 Å². The predicted octanol–water partition coefficient (Wildman–Crippen LogP) is 3.25. The highest BCUT2D eigenvalue weighted by Crippen LogP contribution is 2.18. The molecular formula is C19H28ClN3O2. The van der Waals surface area contributed by atoms with Crippen molar-refractivity contribution in [3.8, 4) is 0 Å². The minimum atomic E-state index is -0.104. The Morgan fingerprint density at radius 2 is 1.60 bits per heavy atom. The molecular weight excluding hydrogens is 338 g/mol. The van der Waals surface area contributed by atoms with Crippen molar-refractivity contribution in [1.29, 1.82) is 0 Å². The van der Waals surface area contributed by atoms with Crippen LogP contribution in [0.15, 0.2) is 24.3 Å². The minimum absolute atomic E-state index is 0. The molecule has 0 bridgehead atoms. The average Bonchev–Trinajstić information content (AvgIpc) is 2.64. The van der Waals surface area contributed by atoms with Crippen LogP contribution in [0.5, 0.6) is 0 Å². The van der Waals surface area contributed by atoms with E-state index in [0.717, 1.165) is 44.3 Å². The van der Waals surface area contributed by atoms with Crippen molar-refractivity contribution in [2.24, 2.45) is 0 Å². The molecule has 1 aliphatic heterocycles. The van der Waals surface area contributed by atoms with Gasteiger partial charge in [0.15, 0.2) is 0 Å². The van der Waals surface area contributed by atoms with Gasteiger partial charge in [0.1, 0.15) is 0 Å². The largest absolute Gasteiger partial charge is 0.349 e. The number of hydrogen-bond donors (Lipinski definition) is 3. The van der Waals surface area contributed by atoms with Crippen LogP contribution in [0.4, 0.5) is 5.69 Å². The van der Waals surface area contributed by atoms with Gasteiger partial charge in [0.25, 0.3) is 5.91 Å². The summed E-state index contributed by atoms with van der Waals surface area (Å²) in [5.74, 6) is -0.0113. The van der Waals surface area contributed by atoms with Crippen molar-refractivity contribution >= 4 is 29.9 Å².